The highest BCUT2D eigenvalue weighted by Gasteiger charge is 2.09. The van der Waals surface area contributed by atoms with E-state index in [4.69, 9.17) is 0 Å². The van der Waals surface area contributed by atoms with Crippen LogP contribution >= 0.6 is 0 Å². The third kappa shape index (κ3) is 3.80. The molecule has 0 aromatic rings. The van der Waals surface area contributed by atoms with E-state index in [1.165, 1.54) is 56.9 Å². The molecule has 0 nitrogen and oxygen atoms in total. The Balaban J connectivity index is 2.12. The third-order valence-corrected chi connectivity index (χ3v) is 2.83. The normalized spacial score (nSPS) is 20.1. The van der Waals surface area contributed by atoms with E-state index in [0.717, 1.165) is 0 Å². The van der Waals surface area contributed by atoms with Crippen molar-refractivity contribution >= 4 is 0 Å². The van der Waals surface area contributed by atoms with E-state index < -0.39 is 0 Å². The van der Waals surface area contributed by atoms with E-state index in [9.17, 15) is 0 Å². The minimum atomic E-state index is 1.24. The van der Waals surface area contributed by atoms with E-state index in [2.05, 4.69) is 19.6 Å². The van der Waals surface area contributed by atoms with Crippen LogP contribution in [0.15, 0.2) is 23.8 Å². The predicted octanol–water partition coefficient (Wildman–Crippen LogP) is 4.62. The van der Waals surface area contributed by atoms with Crippen molar-refractivity contribution in [3.05, 3.63) is 23.8 Å². The molecule has 0 radical (unpaired) electrons. The Morgan fingerprint density at radius 2 is 2.08 bits per heavy atom. The lowest BCUT2D eigenvalue weighted by atomic mass is 10.1. The summed E-state index contributed by atoms with van der Waals surface area (Å²) in [4.78, 5) is 0. The van der Waals surface area contributed by atoms with Gasteiger partial charge in [-0.15, -0.1) is 0 Å². The topological polar surface area (TPSA) is 0 Å². The van der Waals surface area contributed by atoms with E-state index >= 15 is 0 Å². The van der Waals surface area contributed by atoms with Gasteiger partial charge in [0.15, 0.2) is 0 Å². The van der Waals surface area contributed by atoms with E-state index in [1.807, 2.05) is 0 Å². The zero-order valence-electron chi connectivity index (χ0n) is 8.94. The molecule has 0 unspecified atom stereocenters. The SMILES string of the molecule is C=C1CCC/C1=C\CCCCCC. The lowest BCUT2D eigenvalue weighted by Crippen LogP contribution is -1.78. The van der Waals surface area contributed by atoms with Gasteiger partial charge in [-0.25, -0.2) is 0 Å². The molecule has 0 aromatic carbocycles. The first-order valence-electron chi connectivity index (χ1n) is 5.71. The average molecular weight is 178 g/mol. The Labute approximate surface area is 82.7 Å². The van der Waals surface area contributed by atoms with Crippen LogP contribution in [-0.4, -0.2) is 0 Å². The maximum atomic E-state index is 4.08. The fraction of sp³-hybridized carbons (Fsp3) is 0.692. The molecule has 1 aliphatic rings. The van der Waals surface area contributed by atoms with E-state index in [0.29, 0.717) is 0 Å². The lowest BCUT2D eigenvalue weighted by Gasteiger charge is -1.99. The molecule has 0 spiro atoms. The van der Waals surface area contributed by atoms with Gasteiger partial charge in [-0.1, -0.05) is 44.4 Å². The molecule has 0 atom stereocenters. The van der Waals surface area contributed by atoms with Gasteiger partial charge in [-0.2, -0.15) is 0 Å². The summed E-state index contributed by atoms with van der Waals surface area (Å²) in [5.41, 5.74) is 2.95. The van der Waals surface area contributed by atoms with Crippen molar-refractivity contribution in [3.8, 4) is 0 Å². The van der Waals surface area contributed by atoms with Crippen molar-refractivity contribution in [1.82, 2.24) is 0 Å². The van der Waals surface area contributed by atoms with Gasteiger partial charge in [0.2, 0.25) is 0 Å². The number of unbranched alkanes of at least 4 members (excludes halogenated alkanes) is 4. The summed E-state index contributed by atoms with van der Waals surface area (Å²) >= 11 is 0. The van der Waals surface area contributed by atoms with Crippen LogP contribution in [0.1, 0.15) is 58.3 Å². The molecule has 0 aromatic heterocycles. The quantitative estimate of drug-likeness (QED) is 0.539. The number of hydrogen-bond acceptors (Lipinski definition) is 0. The lowest BCUT2D eigenvalue weighted by molar-refractivity contribution is 0.673. The number of rotatable bonds is 5. The van der Waals surface area contributed by atoms with Crippen LogP contribution < -0.4 is 0 Å². The maximum Gasteiger partial charge on any atom is -0.0276 e. The molecule has 0 heterocycles. The summed E-state index contributed by atoms with van der Waals surface area (Å²) in [5, 5.41) is 0. The first kappa shape index (κ1) is 10.6. The summed E-state index contributed by atoms with van der Waals surface area (Å²) in [5.74, 6) is 0. The Bertz CT molecular complexity index is 186. The van der Waals surface area contributed by atoms with Crippen LogP contribution in [-0.2, 0) is 0 Å². The summed E-state index contributed by atoms with van der Waals surface area (Å²) in [6.45, 7) is 6.34. The number of hydrogen-bond donors (Lipinski definition) is 0. The standard InChI is InChI=1S/C13H22/c1-3-4-5-6-7-10-13-11-8-9-12(13)2/h10H,2-9,11H2,1H3/b13-10+. The molecule has 1 fully saturated rings. The van der Waals surface area contributed by atoms with Crippen molar-refractivity contribution in [1.29, 1.82) is 0 Å². The largest absolute Gasteiger partial charge is 0.0956 e. The van der Waals surface area contributed by atoms with Gasteiger partial charge in [-0.3, -0.25) is 0 Å². The zero-order valence-corrected chi connectivity index (χ0v) is 8.94. The van der Waals surface area contributed by atoms with Gasteiger partial charge in [0, 0.05) is 0 Å². The van der Waals surface area contributed by atoms with Crippen LogP contribution in [0.3, 0.4) is 0 Å². The molecule has 0 amide bonds. The van der Waals surface area contributed by atoms with E-state index in [-0.39, 0.29) is 0 Å². The molecular weight excluding hydrogens is 156 g/mol. The molecule has 13 heavy (non-hydrogen) atoms. The average Bonchev–Trinajstić information content (AvgIpc) is 2.52. The minimum absolute atomic E-state index is 1.24. The van der Waals surface area contributed by atoms with Gasteiger partial charge < -0.3 is 0 Å². The fourth-order valence-corrected chi connectivity index (χ4v) is 1.92. The molecule has 0 aliphatic heterocycles. The van der Waals surface area contributed by atoms with Gasteiger partial charge in [0.05, 0.1) is 0 Å². The van der Waals surface area contributed by atoms with Crippen LogP contribution in [0.5, 0.6) is 0 Å². The summed E-state index contributed by atoms with van der Waals surface area (Å²) in [7, 11) is 0. The second-order valence-corrected chi connectivity index (χ2v) is 4.04. The van der Waals surface area contributed by atoms with Crippen molar-refractivity contribution in [3.63, 3.8) is 0 Å². The molecule has 1 aliphatic carbocycles. The first-order valence-corrected chi connectivity index (χ1v) is 5.71. The second-order valence-electron chi connectivity index (χ2n) is 4.04. The first-order chi connectivity index (χ1) is 6.34. The van der Waals surface area contributed by atoms with Crippen LogP contribution in [0, 0.1) is 0 Å². The van der Waals surface area contributed by atoms with Gasteiger partial charge >= 0.3 is 0 Å². The summed E-state index contributed by atoms with van der Waals surface area (Å²) in [6.07, 6.45) is 13.0. The maximum absolute atomic E-state index is 4.08. The highest BCUT2D eigenvalue weighted by Crippen LogP contribution is 2.29. The Morgan fingerprint density at radius 3 is 2.69 bits per heavy atom. The predicted molar refractivity (Wildman–Crippen MR) is 59.8 cm³/mol. The molecule has 0 bridgehead atoms. The summed E-state index contributed by atoms with van der Waals surface area (Å²) < 4.78 is 0. The second kappa shape index (κ2) is 6.01. The van der Waals surface area contributed by atoms with E-state index in [1.54, 1.807) is 5.57 Å². The van der Waals surface area contributed by atoms with Crippen LogP contribution in [0.25, 0.3) is 0 Å². The van der Waals surface area contributed by atoms with Crippen molar-refractivity contribution in [2.75, 3.05) is 0 Å². The third-order valence-electron chi connectivity index (χ3n) is 2.83. The van der Waals surface area contributed by atoms with Crippen molar-refractivity contribution in [2.45, 2.75) is 58.3 Å². The van der Waals surface area contributed by atoms with Gasteiger partial charge in [0.1, 0.15) is 0 Å². The van der Waals surface area contributed by atoms with Crippen molar-refractivity contribution < 1.29 is 0 Å². The molecule has 1 saturated carbocycles. The van der Waals surface area contributed by atoms with Crippen molar-refractivity contribution in [2.24, 2.45) is 0 Å². The van der Waals surface area contributed by atoms with Crippen LogP contribution in [0.2, 0.25) is 0 Å². The fourth-order valence-electron chi connectivity index (χ4n) is 1.92. The smallest absolute Gasteiger partial charge is 0.0276 e. The molecule has 0 N–H and O–H groups in total. The highest BCUT2D eigenvalue weighted by molar-refractivity contribution is 5.31. The molecule has 0 heteroatoms. The summed E-state index contributed by atoms with van der Waals surface area (Å²) in [6, 6.07) is 0. The van der Waals surface area contributed by atoms with Gasteiger partial charge in [0.25, 0.3) is 0 Å². The monoisotopic (exact) mass is 178 g/mol. The van der Waals surface area contributed by atoms with Gasteiger partial charge in [-0.05, 0) is 37.7 Å². The molecule has 1 rings (SSSR count). The Kier molecular flexibility index (Phi) is 4.88. The Morgan fingerprint density at radius 1 is 1.23 bits per heavy atom. The van der Waals surface area contributed by atoms with Crippen LogP contribution in [0.4, 0.5) is 0 Å². The number of allylic oxidation sites excluding steroid dienone is 3. The molecule has 0 saturated heterocycles. The Hall–Kier alpha value is -0.520. The minimum Gasteiger partial charge on any atom is -0.0956 e. The molecular formula is C13H22. The highest BCUT2D eigenvalue weighted by atomic mass is 14.1. The molecule has 74 valence electrons. The zero-order chi connectivity index (χ0) is 9.52.